The number of para-hydroxylation sites is 1. The molecule has 0 radical (unpaired) electrons. The minimum Gasteiger partial charge on any atom is -0.395 e. The van der Waals surface area contributed by atoms with Crippen molar-refractivity contribution in [1.82, 2.24) is 19.5 Å². The average Bonchev–Trinajstić information content (AvgIpc) is 3.46. The molecule has 6 rings (SSSR count). The van der Waals surface area contributed by atoms with Gasteiger partial charge in [-0.15, -0.1) is 0 Å². The van der Waals surface area contributed by atoms with Crippen LogP contribution >= 0.6 is 23.2 Å². The van der Waals surface area contributed by atoms with Crippen molar-refractivity contribution in [2.24, 2.45) is 0 Å². The predicted molar refractivity (Wildman–Crippen MR) is 179 cm³/mol. The van der Waals surface area contributed by atoms with Gasteiger partial charge in [-0.1, -0.05) is 47.5 Å². The number of nitrogens with zero attached hydrogens (tertiary/aromatic N) is 4. The number of sulfonamides is 1. The number of sulfone groups is 1. The summed E-state index contributed by atoms with van der Waals surface area (Å²) in [5, 5.41) is 12.5. The molecular formula is C31H24Cl2F2N6O5S2. The second-order valence-corrected chi connectivity index (χ2v) is 16.1. The average molecular weight is 734 g/mol. The Kier molecular flexibility index (Phi) is 8.54. The maximum Gasteiger partial charge on any atom is 0.263 e. The summed E-state index contributed by atoms with van der Waals surface area (Å²) in [6, 6.07) is 15.5. The van der Waals surface area contributed by atoms with Gasteiger partial charge >= 0.3 is 0 Å². The van der Waals surface area contributed by atoms with E-state index in [1.54, 1.807) is 36.4 Å². The number of hydrogen-bond donors (Lipinski definition) is 3. The van der Waals surface area contributed by atoms with E-state index in [9.17, 15) is 21.9 Å². The molecule has 0 bridgehead atoms. The number of aromatic nitrogens is 4. The van der Waals surface area contributed by atoms with Gasteiger partial charge in [0, 0.05) is 11.6 Å². The van der Waals surface area contributed by atoms with Gasteiger partial charge in [0.05, 0.1) is 43.0 Å². The third-order valence-electron chi connectivity index (χ3n) is 7.57. The first-order valence-electron chi connectivity index (χ1n) is 14.0. The highest BCUT2D eigenvalue weighted by Crippen LogP contribution is 2.36. The van der Waals surface area contributed by atoms with Crippen LogP contribution in [0.1, 0.15) is 13.8 Å². The zero-order valence-electron chi connectivity index (χ0n) is 24.9. The molecule has 0 aliphatic carbocycles. The van der Waals surface area contributed by atoms with Gasteiger partial charge in [0.15, 0.2) is 21.5 Å². The van der Waals surface area contributed by atoms with Crippen molar-refractivity contribution in [2.75, 3.05) is 16.6 Å². The van der Waals surface area contributed by atoms with Crippen molar-refractivity contribution in [1.29, 1.82) is 0 Å². The molecule has 48 heavy (non-hydrogen) atoms. The van der Waals surface area contributed by atoms with Crippen molar-refractivity contribution < 1.29 is 30.7 Å². The van der Waals surface area contributed by atoms with Crippen LogP contribution in [0, 0.1) is 11.6 Å². The largest absolute Gasteiger partial charge is 0.395 e. The van der Waals surface area contributed by atoms with Crippen molar-refractivity contribution in [2.45, 2.75) is 28.4 Å². The molecule has 11 nitrogen and oxygen atoms in total. The van der Waals surface area contributed by atoms with Crippen LogP contribution in [0.5, 0.6) is 0 Å². The molecule has 0 spiro atoms. The van der Waals surface area contributed by atoms with Crippen LogP contribution in [-0.4, -0.2) is 52.8 Å². The fourth-order valence-electron chi connectivity index (χ4n) is 4.85. The first kappa shape index (κ1) is 33.5. The molecule has 0 aliphatic heterocycles. The first-order valence-corrected chi connectivity index (χ1v) is 17.7. The molecule has 17 heteroatoms. The number of nitrogens with one attached hydrogen (secondary N) is 2. The predicted octanol–water partition coefficient (Wildman–Crippen LogP) is 6.64. The number of pyridine rings is 1. The number of aliphatic hydroxyl groups is 1. The second kappa shape index (κ2) is 12.2. The van der Waals surface area contributed by atoms with Crippen LogP contribution in [0.2, 0.25) is 10.0 Å². The zero-order chi connectivity index (χ0) is 34.6. The van der Waals surface area contributed by atoms with Crippen LogP contribution in [-0.2, 0) is 19.9 Å². The Labute approximate surface area is 283 Å². The number of hydrogen-bond acceptors (Lipinski definition) is 9. The maximum absolute atomic E-state index is 15.8. The number of rotatable bonds is 9. The summed E-state index contributed by atoms with van der Waals surface area (Å²) in [4.78, 5) is 12.5. The monoisotopic (exact) mass is 732 g/mol. The number of halogens is 4. The molecule has 0 amide bonds. The minimum absolute atomic E-state index is 0.0239. The third-order valence-corrected chi connectivity index (χ3v) is 12.4. The minimum atomic E-state index is -4.45. The van der Waals surface area contributed by atoms with E-state index in [0.717, 1.165) is 18.5 Å². The number of aliphatic hydroxyl groups excluding tert-OH is 1. The molecule has 3 heterocycles. The lowest BCUT2D eigenvalue weighted by Crippen LogP contribution is -2.35. The molecule has 3 N–H and O–H groups in total. The van der Waals surface area contributed by atoms with Gasteiger partial charge in [-0.3, -0.25) is 9.29 Å². The molecule has 0 unspecified atom stereocenters. The summed E-state index contributed by atoms with van der Waals surface area (Å²) < 4.78 is 86.2. The summed E-state index contributed by atoms with van der Waals surface area (Å²) in [6.45, 7) is 2.23. The second-order valence-electron chi connectivity index (χ2n) is 11.1. The lowest BCUT2D eigenvalue weighted by Gasteiger charge is -2.21. The summed E-state index contributed by atoms with van der Waals surface area (Å²) in [5.41, 5.74) is -0.524. The SMILES string of the molecule is CC(C)(CO)S(=O)(=O)c1cn(-c2ccc3ncnc(Nc4c(F)ccc(NS(=O)(=O)c5cccc(Cl)c5Cl)c4F)c3n2)c2ccccc12. The molecule has 0 saturated heterocycles. The summed E-state index contributed by atoms with van der Waals surface area (Å²) in [7, 11) is -8.48. The zero-order valence-corrected chi connectivity index (χ0v) is 28.1. The van der Waals surface area contributed by atoms with Gasteiger partial charge in [0.2, 0.25) is 0 Å². The summed E-state index contributed by atoms with van der Waals surface area (Å²) in [5.74, 6) is -2.28. The standard InChI is InChI=1S/C31H24Cl2F2N6O5S2/c1-31(2,15-42)47(43,44)24-14-41(22-8-4-3-6-17(22)24)25-13-12-21-29(38-25)30(37-16-36-21)39-28-19(34)10-11-20(27(28)35)40-48(45,46)23-9-5-7-18(32)26(23)33/h3-14,16,40,42H,15H2,1-2H3,(H,36,37,39). The molecule has 3 aromatic heterocycles. The van der Waals surface area contributed by atoms with E-state index in [1.807, 2.05) is 0 Å². The van der Waals surface area contributed by atoms with E-state index >= 15 is 8.78 Å². The molecule has 0 fully saturated rings. The number of anilines is 3. The van der Waals surface area contributed by atoms with Crippen LogP contribution in [0.3, 0.4) is 0 Å². The van der Waals surface area contributed by atoms with Crippen molar-refractivity contribution >= 4 is 82.2 Å². The molecule has 6 aromatic rings. The van der Waals surface area contributed by atoms with Gasteiger partial charge in [-0.25, -0.2) is 40.6 Å². The number of benzene rings is 3. The Hall–Kier alpha value is -4.41. The van der Waals surface area contributed by atoms with Crippen molar-refractivity contribution in [3.8, 4) is 5.82 Å². The van der Waals surface area contributed by atoms with Crippen LogP contribution < -0.4 is 10.0 Å². The lowest BCUT2D eigenvalue weighted by atomic mass is 10.2. The molecule has 0 atom stereocenters. The Morgan fingerprint density at radius 2 is 1.67 bits per heavy atom. The van der Waals surface area contributed by atoms with Gasteiger partial charge in [-0.2, -0.15) is 0 Å². The summed E-state index contributed by atoms with van der Waals surface area (Å²) >= 11 is 12.0. The van der Waals surface area contributed by atoms with Gasteiger partial charge in [-0.05, 0) is 56.3 Å². The fraction of sp³-hybridized carbons (Fsp3) is 0.129. The smallest absolute Gasteiger partial charge is 0.263 e. The molecule has 248 valence electrons. The van der Waals surface area contributed by atoms with E-state index < -0.39 is 59.1 Å². The van der Waals surface area contributed by atoms with E-state index in [4.69, 9.17) is 23.2 Å². The van der Waals surface area contributed by atoms with Gasteiger partial charge in [0.1, 0.15) is 34.1 Å². The highest BCUT2D eigenvalue weighted by molar-refractivity contribution is 7.93. The molecule has 0 aliphatic rings. The third kappa shape index (κ3) is 5.71. The number of fused-ring (bicyclic) bond motifs is 2. The Morgan fingerprint density at radius 1 is 0.917 bits per heavy atom. The van der Waals surface area contributed by atoms with Gasteiger partial charge in [0.25, 0.3) is 10.0 Å². The molecular weight excluding hydrogens is 709 g/mol. The molecule has 3 aromatic carbocycles. The highest BCUT2D eigenvalue weighted by atomic mass is 35.5. The van der Waals surface area contributed by atoms with E-state index in [1.165, 1.54) is 42.8 Å². The Balaban J connectivity index is 1.43. The quantitative estimate of drug-likeness (QED) is 0.148. The Bertz CT molecular complexity index is 2480. The van der Waals surface area contributed by atoms with E-state index in [-0.39, 0.29) is 37.6 Å². The Morgan fingerprint density at radius 3 is 2.42 bits per heavy atom. The molecule has 0 saturated carbocycles. The normalized spacial score (nSPS) is 12.5. The van der Waals surface area contributed by atoms with Crippen molar-refractivity contribution in [3.63, 3.8) is 0 Å². The van der Waals surface area contributed by atoms with Crippen LogP contribution in [0.15, 0.2) is 89.0 Å². The van der Waals surface area contributed by atoms with Crippen LogP contribution in [0.25, 0.3) is 27.8 Å². The van der Waals surface area contributed by atoms with Crippen LogP contribution in [0.4, 0.5) is 26.0 Å². The summed E-state index contributed by atoms with van der Waals surface area (Å²) in [6.07, 6.45) is 2.53. The maximum atomic E-state index is 15.8. The fourth-order valence-corrected chi connectivity index (χ4v) is 8.14. The van der Waals surface area contributed by atoms with E-state index in [2.05, 4.69) is 25.0 Å². The van der Waals surface area contributed by atoms with E-state index in [0.29, 0.717) is 10.9 Å². The highest BCUT2D eigenvalue weighted by Gasteiger charge is 2.37. The lowest BCUT2D eigenvalue weighted by molar-refractivity contribution is 0.258. The van der Waals surface area contributed by atoms with Crippen molar-refractivity contribution in [3.05, 3.63) is 101 Å². The van der Waals surface area contributed by atoms with Gasteiger partial charge < -0.3 is 10.4 Å². The first-order chi connectivity index (χ1) is 22.7. The topological polar surface area (TPSA) is 156 Å².